The Morgan fingerprint density at radius 1 is 0.969 bits per heavy atom. The molecule has 0 bridgehead atoms. The van der Waals surface area contributed by atoms with Gasteiger partial charge in [-0.2, -0.15) is 4.98 Å². The maximum atomic E-state index is 9.80. The Labute approximate surface area is 190 Å². The van der Waals surface area contributed by atoms with Crippen LogP contribution in [0.3, 0.4) is 0 Å². The predicted molar refractivity (Wildman–Crippen MR) is 130 cm³/mol. The van der Waals surface area contributed by atoms with Crippen molar-refractivity contribution in [2.45, 2.75) is 44.2 Å². The van der Waals surface area contributed by atoms with Crippen LogP contribution in [0.4, 0.5) is 22.6 Å². The molecule has 2 aromatic carbocycles. The van der Waals surface area contributed by atoms with Crippen LogP contribution in [-0.2, 0) is 6.42 Å². The second kappa shape index (κ2) is 9.10. The molecule has 0 aliphatic heterocycles. The van der Waals surface area contributed by atoms with Crippen molar-refractivity contribution in [3.63, 3.8) is 0 Å². The molecule has 164 valence electrons. The minimum absolute atomic E-state index is 0.191. The summed E-state index contributed by atoms with van der Waals surface area (Å²) in [7, 11) is 0. The zero-order valence-corrected chi connectivity index (χ0v) is 18.5. The van der Waals surface area contributed by atoms with Gasteiger partial charge in [0.25, 0.3) is 0 Å². The summed E-state index contributed by atoms with van der Waals surface area (Å²) in [5.74, 6) is 1.31. The third-order valence-corrected chi connectivity index (χ3v) is 6.62. The highest BCUT2D eigenvalue weighted by Crippen LogP contribution is 2.30. The fraction of sp³-hybridized carbons (Fsp3) is 0.292. The quantitative estimate of drug-likeness (QED) is 0.317. The second-order valence-corrected chi connectivity index (χ2v) is 9.28. The Bertz CT molecular complexity index is 1200. The van der Waals surface area contributed by atoms with Gasteiger partial charge in [-0.05, 0) is 49.4 Å². The van der Waals surface area contributed by atoms with Crippen molar-refractivity contribution in [1.29, 1.82) is 0 Å². The van der Waals surface area contributed by atoms with Crippen molar-refractivity contribution in [2.75, 3.05) is 16.4 Å². The normalized spacial score (nSPS) is 18.5. The fourth-order valence-corrected chi connectivity index (χ4v) is 4.95. The first-order chi connectivity index (χ1) is 15.6. The Morgan fingerprint density at radius 2 is 1.78 bits per heavy atom. The number of aliphatic hydroxyl groups is 1. The van der Waals surface area contributed by atoms with E-state index < -0.39 is 0 Å². The van der Waals surface area contributed by atoms with Crippen LogP contribution < -0.4 is 16.4 Å². The number of hydrogen-bond donors (Lipinski definition) is 4. The summed E-state index contributed by atoms with van der Waals surface area (Å²) in [4.78, 5) is 14.2. The summed E-state index contributed by atoms with van der Waals surface area (Å²) in [6, 6.07) is 18.3. The van der Waals surface area contributed by atoms with E-state index in [0.717, 1.165) is 52.4 Å². The molecule has 5 rings (SSSR count). The van der Waals surface area contributed by atoms with Gasteiger partial charge in [0, 0.05) is 24.2 Å². The molecule has 32 heavy (non-hydrogen) atoms. The highest BCUT2D eigenvalue weighted by molar-refractivity contribution is 7.22. The first-order valence-corrected chi connectivity index (χ1v) is 11.7. The van der Waals surface area contributed by atoms with Gasteiger partial charge in [-0.15, -0.1) is 0 Å². The summed E-state index contributed by atoms with van der Waals surface area (Å²) < 4.78 is 1.03. The van der Waals surface area contributed by atoms with Gasteiger partial charge < -0.3 is 21.5 Å². The van der Waals surface area contributed by atoms with Crippen LogP contribution in [0.2, 0.25) is 0 Å². The number of aliphatic hydroxyl groups excluding tert-OH is 1. The molecule has 7 nitrogen and oxygen atoms in total. The molecule has 1 aliphatic rings. The van der Waals surface area contributed by atoms with Crippen LogP contribution in [-0.4, -0.2) is 32.2 Å². The summed E-state index contributed by atoms with van der Waals surface area (Å²) in [6.45, 7) is 0. The van der Waals surface area contributed by atoms with E-state index in [4.69, 9.17) is 15.7 Å². The lowest BCUT2D eigenvalue weighted by Gasteiger charge is -2.26. The Kier molecular flexibility index (Phi) is 5.87. The van der Waals surface area contributed by atoms with Crippen molar-refractivity contribution in [2.24, 2.45) is 0 Å². The zero-order valence-electron chi connectivity index (χ0n) is 17.7. The molecule has 0 radical (unpaired) electrons. The van der Waals surface area contributed by atoms with E-state index in [-0.39, 0.29) is 12.1 Å². The largest absolute Gasteiger partial charge is 0.399 e. The number of nitrogens with zero attached hydrogens (tertiary/aromatic N) is 3. The third kappa shape index (κ3) is 4.98. The summed E-state index contributed by atoms with van der Waals surface area (Å²) in [6.07, 6.45) is 3.96. The summed E-state index contributed by atoms with van der Waals surface area (Å²) in [5, 5.41) is 17.4. The van der Waals surface area contributed by atoms with E-state index in [1.165, 1.54) is 5.56 Å². The fourth-order valence-electron chi connectivity index (χ4n) is 4.03. The van der Waals surface area contributed by atoms with E-state index in [2.05, 4.69) is 27.8 Å². The average molecular weight is 447 g/mol. The molecule has 1 aliphatic carbocycles. The minimum Gasteiger partial charge on any atom is -0.399 e. The number of hydrogen-bond acceptors (Lipinski definition) is 8. The highest BCUT2D eigenvalue weighted by atomic mass is 32.1. The van der Waals surface area contributed by atoms with Crippen LogP contribution in [0, 0.1) is 0 Å². The van der Waals surface area contributed by atoms with Crippen molar-refractivity contribution in [3.8, 4) is 0 Å². The molecule has 2 heterocycles. The molecule has 8 heteroatoms. The van der Waals surface area contributed by atoms with E-state index in [1.807, 2.05) is 42.5 Å². The van der Waals surface area contributed by atoms with Gasteiger partial charge in [0.2, 0.25) is 5.95 Å². The van der Waals surface area contributed by atoms with Gasteiger partial charge >= 0.3 is 0 Å². The molecule has 2 aromatic heterocycles. The first kappa shape index (κ1) is 20.7. The van der Waals surface area contributed by atoms with Gasteiger partial charge in [-0.25, -0.2) is 9.97 Å². The van der Waals surface area contributed by atoms with Crippen molar-refractivity contribution in [1.82, 2.24) is 15.0 Å². The van der Waals surface area contributed by atoms with Gasteiger partial charge in [-0.3, -0.25) is 0 Å². The average Bonchev–Trinajstić information content (AvgIpc) is 3.17. The molecule has 4 aromatic rings. The standard InChI is InChI=1S/C24H26N6OS/c25-16-6-11-20-21(13-16)32-24(28-20)30-22-14-18(12-15-4-2-1-3-5-15)27-23(29-22)26-17-7-9-19(31)10-8-17/h1-6,11,13-14,17,19,31H,7-10,12,25H2,(H2,26,27,28,29,30). The lowest BCUT2D eigenvalue weighted by atomic mass is 9.93. The van der Waals surface area contributed by atoms with Gasteiger partial charge in [0.15, 0.2) is 5.13 Å². The predicted octanol–water partition coefficient (Wildman–Crippen LogP) is 4.72. The highest BCUT2D eigenvalue weighted by Gasteiger charge is 2.20. The number of thiazole rings is 1. The number of nitrogens with two attached hydrogens (primary N) is 1. The summed E-state index contributed by atoms with van der Waals surface area (Å²) >= 11 is 1.55. The Morgan fingerprint density at radius 3 is 2.59 bits per heavy atom. The zero-order chi connectivity index (χ0) is 21.9. The van der Waals surface area contributed by atoms with Crippen LogP contribution in [0.5, 0.6) is 0 Å². The molecule has 0 unspecified atom stereocenters. The van der Waals surface area contributed by atoms with Crippen LogP contribution in [0.1, 0.15) is 36.9 Å². The SMILES string of the molecule is Nc1ccc2nc(Nc3cc(Cc4ccccc4)nc(NC4CCC(O)CC4)n3)sc2c1. The topological polar surface area (TPSA) is 109 Å². The van der Waals surface area contributed by atoms with Gasteiger partial charge in [0.1, 0.15) is 5.82 Å². The molecular weight excluding hydrogens is 420 g/mol. The number of rotatable bonds is 6. The summed E-state index contributed by atoms with van der Waals surface area (Å²) in [5.41, 5.74) is 9.66. The van der Waals surface area contributed by atoms with Gasteiger partial charge in [-0.1, -0.05) is 41.7 Å². The number of benzene rings is 2. The van der Waals surface area contributed by atoms with Crippen LogP contribution in [0.15, 0.2) is 54.6 Å². The number of nitrogen functional groups attached to an aromatic ring is 1. The molecule has 0 saturated heterocycles. The van der Waals surface area contributed by atoms with E-state index >= 15 is 0 Å². The van der Waals surface area contributed by atoms with Crippen LogP contribution >= 0.6 is 11.3 Å². The molecule has 5 N–H and O–H groups in total. The lowest BCUT2D eigenvalue weighted by molar-refractivity contribution is 0.126. The van der Waals surface area contributed by atoms with Crippen molar-refractivity contribution in [3.05, 3.63) is 65.9 Å². The second-order valence-electron chi connectivity index (χ2n) is 8.25. The third-order valence-electron chi connectivity index (χ3n) is 5.68. The number of aromatic nitrogens is 3. The van der Waals surface area contributed by atoms with Gasteiger partial charge in [0.05, 0.1) is 22.0 Å². The van der Waals surface area contributed by atoms with Crippen LogP contribution in [0.25, 0.3) is 10.2 Å². The molecule has 1 fully saturated rings. The van der Waals surface area contributed by atoms with Crippen molar-refractivity contribution < 1.29 is 5.11 Å². The van der Waals surface area contributed by atoms with E-state index in [9.17, 15) is 5.11 Å². The van der Waals surface area contributed by atoms with Crippen molar-refractivity contribution >= 4 is 44.1 Å². The lowest BCUT2D eigenvalue weighted by Crippen LogP contribution is -2.29. The van der Waals surface area contributed by atoms with E-state index in [0.29, 0.717) is 18.2 Å². The molecule has 0 amide bonds. The smallest absolute Gasteiger partial charge is 0.225 e. The maximum absolute atomic E-state index is 9.80. The molecule has 0 spiro atoms. The van der Waals surface area contributed by atoms with E-state index in [1.54, 1.807) is 11.3 Å². The molecule has 0 atom stereocenters. The first-order valence-electron chi connectivity index (χ1n) is 10.9. The minimum atomic E-state index is -0.191. The molecular formula is C24H26N6OS. The molecule has 1 saturated carbocycles. The Balaban J connectivity index is 1.42. The Hall–Kier alpha value is -3.23. The maximum Gasteiger partial charge on any atom is 0.225 e. The number of anilines is 4. The number of fused-ring (bicyclic) bond motifs is 1. The number of nitrogens with one attached hydrogen (secondary N) is 2. The monoisotopic (exact) mass is 446 g/mol.